The number of nitrogens with one attached hydrogen (secondary N) is 1. The average Bonchev–Trinajstić information content (AvgIpc) is 2.90. The quantitative estimate of drug-likeness (QED) is 0.779. The Labute approximate surface area is 127 Å². The van der Waals surface area contributed by atoms with E-state index in [1.807, 2.05) is 11.3 Å². The summed E-state index contributed by atoms with van der Waals surface area (Å²) < 4.78 is 0. The largest absolute Gasteiger partial charge is 0.315 e. The summed E-state index contributed by atoms with van der Waals surface area (Å²) in [6.45, 7) is 11.2. The number of hydrogen-bond donors (Lipinski definition) is 1. The van der Waals surface area contributed by atoms with Gasteiger partial charge < -0.3 is 5.32 Å². The molecule has 114 valence electrons. The molecule has 2 rings (SSSR count). The summed E-state index contributed by atoms with van der Waals surface area (Å²) in [7, 11) is 0. The molecule has 0 aliphatic carbocycles. The van der Waals surface area contributed by atoms with Crippen LogP contribution in [0.2, 0.25) is 0 Å². The Bertz CT molecular complexity index is 389. The van der Waals surface area contributed by atoms with E-state index in [1.54, 1.807) is 0 Å². The first kappa shape index (κ1) is 15.9. The van der Waals surface area contributed by atoms with Crippen molar-refractivity contribution < 1.29 is 0 Å². The third-order valence-corrected chi connectivity index (χ3v) is 5.18. The number of thiazole rings is 1. The molecule has 1 saturated heterocycles. The van der Waals surface area contributed by atoms with Crippen LogP contribution >= 0.6 is 11.3 Å². The second-order valence-corrected chi connectivity index (χ2v) is 7.05. The first-order chi connectivity index (χ1) is 9.70. The van der Waals surface area contributed by atoms with E-state index in [0.717, 1.165) is 19.6 Å². The highest BCUT2D eigenvalue weighted by molar-refractivity contribution is 7.09. The van der Waals surface area contributed by atoms with E-state index in [4.69, 9.17) is 4.98 Å². The van der Waals surface area contributed by atoms with Crippen LogP contribution in [0.15, 0.2) is 5.38 Å². The van der Waals surface area contributed by atoms with Gasteiger partial charge in [-0.3, -0.25) is 4.90 Å². The fourth-order valence-corrected chi connectivity index (χ4v) is 3.64. The molecule has 4 heteroatoms. The smallest absolute Gasteiger partial charge is 0.0954 e. The summed E-state index contributed by atoms with van der Waals surface area (Å²) >= 11 is 1.82. The number of hydrogen-bond acceptors (Lipinski definition) is 4. The van der Waals surface area contributed by atoms with Crippen molar-refractivity contribution in [2.45, 2.75) is 65.0 Å². The van der Waals surface area contributed by atoms with E-state index in [1.165, 1.54) is 42.9 Å². The standard InChI is InChI=1S/C16H29N3S/c1-4-8-17-10-15-7-5-6-9-19(15)11-14-12-20-16(18-14)13(2)3/h12-13,15,17H,4-11H2,1-3H3. The summed E-state index contributed by atoms with van der Waals surface area (Å²) in [4.78, 5) is 7.42. The molecule has 2 heterocycles. The van der Waals surface area contributed by atoms with Gasteiger partial charge in [0.1, 0.15) is 0 Å². The maximum atomic E-state index is 4.79. The molecule has 1 atom stereocenters. The van der Waals surface area contributed by atoms with Crippen LogP contribution in [0, 0.1) is 0 Å². The summed E-state index contributed by atoms with van der Waals surface area (Å²) in [5.74, 6) is 0.553. The molecule has 1 fully saturated rings. The molecule has 1 unspecified atom stereocenters. The summed E-state index contributed by atoms with van der Waals surface area (Å²) in [5, 5.41) is 7.11. The lowest BCUT2D eigenvalue weighted by Gasteiger charge is -2.35. The summed E-state index contributed by atoms with van der Waals surface area (Å²) in [5.41, 5.74) is 1.26. The highest BCUT2D eigenvalue weighted by atomic mass is 32.1. The van der Waals surface area contributed by atoms with Gasteiger partial charge in [0.05, 0.1) is 10.7 Å². The Kier molecular flexibility index (Phi) is 6.46. The van der Waals surface area contributed by atoms with Crippen molar-refractivity contribution in [2.24, 2.45) is 0 Å². The van der Waals surface area contributed by atoms with Crippen LogP contribution in [-0.4, -0.2) is 35.6 Å². The Balaban J connectivity index is 1.90. The van der Waals surface area contributed by atoms with Gasteiger partial charge >= 0.3 is 0 Å². The van der Waals surface area contributed by atoms with E-state index >= 15 is 0 Å². The van der Waals surface area contributed by atoms with E-state index in [9.17, 15) is 0 Å². The van der Waals surface area contributed by atoms with Crippen LogP contribution in [-0.2, 0) is 6.54 Å². The molecular weight excluding hydrogens is 266 g/mol. The van der Waals surface area contributed by atoms with Crippen molar-refractivity contribution >= 4 is 11.3 Å². The van der Waals surface area contributed by atoms with Gasteiger partial charge in [-0.05, 0) is 32.4 Å². The number of nitrogens with zero attached hydrogens (tertiary/aromatic N) is 2. The topological polar surface area (TPSA) is 28.2 Å². The predicted octanol–water partition coefficient (Wildman–Crippen LogP) is 3.62. The molecule has 0 radical (unpaired) electrons. The zero-order valence-corrected chi connectivity index (χ0v) is 14.0. The number of likely N-dealkylation sites (tertiary alicyclic amines) is 1. The van der Waals surface area contributed by atoms with Gasteiger partial charge in [-0.15, -0.1) is 11.3 Å². The van der Waals surface area contributed by atoms with Gasteiger partial charge in [-0.25, -0.2) is 4.98 Å². The second kappa shape index (κ2) is 8.11. The van der Waals surface area contributed by atoms with Gasteiger partial charge in [0.15, 0.2) is 0 Å². The number of piperidine rings is 1. The van der Waals surface area contributed by atoms with Gasteiger partial charge in [0.2, 0.25) is 0 Å². The normalized spacial score (nSPS) is 20.7. The third-order valence-electron chi connectivity index (χ3n) is 3.98. The molecule has 3 nitrogen and oxygen atoms in total. The van der Waals surface area contributed by atoms with E-state index < -0.39 is 0 Å². The Hall–Kier alpha value is -0.450. The molecule has 0 amide bonds. The van der Waals surface area contributed by atoms with Crippen molar-refractivity contribution in [2.75, 3.05) is 19.6 Å². The van der Waals surface area contributed by atoms with Crippen molar-refractivity contribution in [3.63, 3.8) is 0 Å². The molecular formula is C16H29N3S. The van der Waals surface area contributed by atoms with Gasteiger partial charge in [-0.1, -0.05) is 27.2 Å². The lowest BCUT2D eigenvalue weighted by molar-refractivity contribution is 0.136. The predicted molar refractivity (Wildman–Crippen MR) is 87.4 cm³/mol. The molecule has 1 aromatic rings. The molecule has 0 saturated carbocycles. The van der Waals surface area contributed by atoms with E-state index in [2.05, 4.69) is 36.4 Å². The minimum atomic E-state index is 0.553. The third kappa shape index (κ3) is 4.54. The van der Waals surface area contributed by atoms with Crippen LogP contribution in [0.1, 0.15) is 63.1 Å². The molecule has 0 aromatic carbocycles. The lowest BCUT2D eigenvalue weighted by atomic mass is 10.0. The first-order valence-corrected chi connectivity index (χ1v) is 8.97. The van der Waals surface area contributed by atoms with E-state index in [-0.39, 0.29) is 0 Å². The van der Waals surface area contributed by atoms with Crippen molar-refractivity contribution in [3.05, 3.63) is 16.1 Å². The van der Waals surface area contributed by atoms with Gasteiger partial charge in [0.25, 0.3) is 0 Å². The van der Waals surface area contributed by atoms with Gasteiger partial charge in [-0.2, -0.15) is 0 Å². The molecule has 1 aliphatic heterocycles. The van der Waals surface area contributed by atoms with Crippen LogP contribution in [0.3, 0.4) is 0 Å². The Morgan fingerprint density at radius 2 is 2.30 bits per heavy atom. The molecule has 1 aliphatic rings. The number of rotatable bonds is 7. The highest BCUT2D eigenvalue weighted by Gasteiger charge is 2.22. The fraction of sp³-hybridized carbons (Fsp3) is 0.812. The van der Waals surface area contributed by atoms with Crippen LogP contribution in [0.4, 0.5) is 0 Å². The van der Waals surface area contributed by atoms with Crippen LogP contribution in [0.25, 0.3) is 0 Å². The fourth-order valence-electron chi connectivity index (χ4n) is 2.81. The average molecular weight is 295 g/mol. The number of aromatic nitrogens is 1. The summed E-state index contributed by atoms with van der Waals surface area (Å²) in [6, 6.07) is 0.694. The van der Waals surface area contributed by atoms with Crippen LogP contribution < -0.4 is 5.32 Å². The molecule has 1 aromatic heterocycles. The monoisotopic (exact) mass is 295 g/mol. The SMILES string of the molecule is CCCNCC1CCCCN1Cc1csc(C(C)C)n1. The Morgan fingerprint density at radius 1 is 1.45 bits per heavy atom. The molecule has 0 spiro atoms. The van der Waals surface area contributed by atoms with Gasteiger partial charge in [0, 0.05) is 30.4 Å². The summed E-state index contributed by atoms with van der Waals surface area (Å²) in [6.07, 6.45) is 5.27. The minimum absolute atomic E-state index is 0.553. The molecule has 1 N–H and O–H groups in total. The maximum absolute atomic E-state index is 4.79. The zero-order valence-electron chi connectivity index (χ0n) is 13.2. The van der Waals surface area contributed by atoms with Crippen molar-refractivity contribution in [3.8, 4) is 0 Å². The van der Waals surface area contributed by atoms with Crippen molar-refractivity contribution in [1.82, 2.24) is 15.2 Å². The zero-order chi connectivity index (χ0) is 14.4. The maximum Gasteiger partial charge on any atom is 0.0954 e. The lowest BCUT2D eigenvalue weighted by Crippen LogP contribution is -2.45. The molecule has 0 bridgehead atoms. The first-order valence-electron chi connectivity index (χ1n) is 8.09. The van der Waals surface area contributed by atoms with Crippen molar-refractivity contribution in [1.29, 1.82) is 0 Å². The molecule has 20 heavy (non-hydrogen) atoms. The second-order valence-electron chi connectivity index (χ2n) is 6.16. The van der Waals surface area contributed by atoms with E-state index in [0.29, 0.717) is 12.0 Å². The minimum Gasteiger partial charge on any atom is -0.315 e. The highest BCUT2D eigenvalue weighted by Crippen LogP contribution is 2.23. The van der Waals surface area contributed by atoms with Crippen LogP contribution in [0.5, 0.6) is 0 Å². The Morgan fingerprint density at radius 3 is 3.00 bits per heavy atom.